The molecule has 4 heteroatoms. The lowest BCUT2D eigenvalue weighted by Crippen LogP contribution is -2.34. The monoisotopic (exact) mass is 397 g/mol. The number of methoxy groups -OCH3 is 1. The molecule has 3 rings (SSSR count). The number of fused-ring (bicyclic) bond motifs is 1. The number of hydrogen-bond donors (Lipinski definition) is 1. The van der Waals surface area contributed by atoms with Crippen molar-refractivity contribution < 1.29 is 14.3 Å². The molecule has 158 valence electrons. The number of carbonyl (C=O) groups excluding carboxylic acids is 1. The first-order valence-corrected chi connectivity index (χ1v) is 10.8. The van der Waals surface area contributed by atoms with Gasteiger partial charge in [-0.3, -0.25) is 4.79 Å². The number of ether oxygens (including phenoxy) is 2. The van der Waals surface area contributed by atoms with Gasteiger partial charge in [-0.05, 0) is 78.5 Å². The van der Waals surface area contributed by atoms with Gasteiger partial charge in [0.05, 0.1) is 13.2 Å². The van der Waals surface area contributed by atoms with Gasteiger partial charge in [0, 0.05) is 6.54 Å². The van der Waals surface area contributed by atoms with E-state index < -0.39 is 0 Å². The third-order valence-corrected chi connectivity index (χ3v) is 6.24. The number of hydrogen-bond acceptors (Lipinski definition) is 4. The molecule has 1 saturated carbocycles. The molecule has 4 nitrogen and oxygen atoms in total. The summed E-state index contributed by atoms with van der Waals surface area (Å²) < 4.78 is 11.1. The van der Waals surface area contributed by atoms with E-state index in [0.29, 0.717) is 18.1 Å². The highest BCUT2D eigenvalue weighted by Crippen LogP contribution is 2.39. The van der Waals surface area contributed by atoms with Crippen LogP contribution in [0.4, 0.5) is 0 Å². The lowest BCUT2D eigenvalue weighted by Gasteiger charge is -2.37. The van der Waals surface area contributed by atoms with Crippen molar-refractivity contribution in [2.45, 2.75) is 72.1 Å². The Labute approximate surface area is 175 Å². The van der Waals surface area contributed by atoms with E-state index in [1.54, 1.807) is 0 Å². The maximum absolute atomic E-state index is 11.5. The van der Waals surface area contributed by atoms with E-state index in [4.69, 9.17) is 9.47 Å². The number of carbonyl (C=O) groups is 1. The molecule has 2 aromatic rings. The summed E-state index contributed by atoms with van der Waals surface area (Å²) in [6, 6.07) is 12.4. The Bertz CT molecular complexity index is 832. The fraction of sp³-hybridized carbons (Fsp3) is 0.560. The highest BCUT2D eigenvalue weighted by Gasteiger charge is 2.30. The van der Waals surface area contributed by atoms with Crippen molar-refractivity contribution in [2.24, 2.45) is 11.3 Å². The van der Waals surface area contributed by atoms with E-state index in [9.17, 15) is 4.79 Å². The molecule has 0 heterocycles. The summed E-state index contributed by atoms with van der Waals surface area (Å²) in [5.41, 5.74) is 1.54. The summed E-state index contributed by atoms with van der Waals surface area (Å²) in [5.74, 6) is 1.51. The predicted molar refractivity (Wildman–Crippen MR) is 118 cm³/mol. The highest BCUT2D eigenvalue weighted by molar-refractivity contribution is 5.84. The van der Waals surface area contributed by atoms with Gasteiger partial charge in [-0.1, -0.05) is 39.0 Å². The molecule has 1 aliphatic carbocycles. The second-order valence-electron chi connectivity index (χ2n) is 9.43. The van der Waals surface area contributed by atoms with Crippen LogP contribution < -0.4 is 10.1 Å². The summed E-state index contributed by atoms with van der Waals surface area (Å²) in [4.78, 5) is 11.5. The first kappa shape index (κ1) is 21.6. The zero-order valence-electron chi connectivity index (χ0n) is 18.5. The summed E-state index contributed by atoms with van der Waals surface area (Å²) in [7, 11) is 1.41. The average Bonchev–Trinajstić information content (AvgIpc) is 2.71. The van der Waals surface area contributed by atoms with Crippen LogP contribution in [-0.2, 0) is 16.1 Å². The van der Waals surface area contributed by atoms with Crippen LogP contribution in [-0.4, -0.2) is 25.2 Å². The van der Waals surface area contributed by atoms with Crippen LogP contribution in [0.3, 0.4) is 0 Å². The standard InChI is InChI=1S/C25H35NO3/c1-17(24(27)28-5)26-16-18-6-7-20-15-23(11-8-19(20)14-18)29-22-12-9-21(10-13-22)25(2,3)4/h6-8,11,14-15,17,21-22,26H,9-10,12-13,16H2,1-5H3/t17?,21-,22-. The van der Waals surface area contributed by atoms with Crippen LogP contribution >= 0.6 is 0 Å². The van der Waals surface area contributed by atoms with Gasteiger partial charge in [-0.25, -0.2) is 0 Å². The largest absolute Gasteiger partial charge is 0.490 e. The van der Waals surface area contributed by atoms with Gasteiger partial charge in [0.2, 0.25) is 0 Å². The van der Waals surface area contributed by atoms with E-state index in [2.05, 4.69) is 62.5 Å². The number of benzene rings is 2. The van der Waals surface area contributed by atoms with Gasteiger partial charge in [0.1, 0.15) is 11.8 Å². The van der Waals surface area contributed by atoms with E-state index in [1.165, 1.54) is 30.7 Å². The summed E-state index contributed by atoms with van der Waals surface area (Å²) in [6.07, 6.45) is 5.12. The molecule has 0 aromatic heterocycles. The number of esters is 1. The topological polar surface area (TPSA) is 47.6 Å². The van der Waals surface area contributed by atoms with Crippen LogP contribution in [0.25, 0.3) is 10.8 Å². The first-order valence-electron chi connectivity index (χ1n) is 10.8. The van der Waals surface area contributed by atoms with Crippen molar-refractivity contribution in [1.82, 2.24) is 5.32 Å². The second-order valence-corrected chi connectivity index (χ2v) is 9.43. The quantitative estimate of drug-likeness (QED) is 0.656. The van der Waals surface area contributed by atoms with Crippen molar-refractivity contribution in [3.8, 4) is 5.75 Å². The maximum Gasteiger partial charge on any atom is 0.322 e. The molecular weight excluding hydrogens is 362 g/mol. The fourth-order valence-electron chi connectivity index (χ4n) is 4.23. The molecule has 1 aliphatic rings. The van der Waals surface area contributed by atoms with Gasteiger partial charge < -0.3 is 14.8 Å². The SMILES string of the molecule is COC(=O)C(C)NCc1ccc2cc(O[C@H]3CC[C@H](C(C)(C)C)CC3)ccc2c1. The Morgan fingerprint density at radius 2 is 1.72 bits per heavy atom. The van der Waals surface area contributed by atoms with Crippen LogP contribution in [0, 0.1) is 11.3 Å². The molecular formula is C25H35NO3. The van der Waals surface area contributed by atoms with Crippen molar-refractivity contribution >= 4 is 16.7 Å². The molecule has 1 atom stereocenters. The van der Waals surface area contributed by atoms with Gasteiger partial charge >= 0.3 is 5.97 Å². The predicted octanol–water partition coefficient (Wildman–Crippen LogP) is 5.47. The molecule has 0 radical (unpaired) electrons. The minimum absolute atomic E-state index is 0.246. The van der Waals surface area contributed by atoms with E-state index in [-0.39, 0.29) is 12.0 Å². The zero-order valence-corrected chi connectivity index (χ0v) is 18.5. The Morgan fingerprint density at radius 3 is 2.38 bits per heavy atom. The van der Waals surface area contributed by atoms with Gasteiger partial charge in [0.25, 0.3) is 0 Å². The van der Waals surface area contributed by atoms with Crippen molar-refractivity contribution in [3.05, 3.63) is 42.0 Å². The molecule has 1 N–H and O–H groups in total. The Hall–Kier alpha value is -2.07. The molecule has 1 unspecified atom stereocenters. The lowest BCUT2D eigenvalue weighted by atomic mass is 9.72. The smallest absolute Gasteiger partial charge is 0.322 e. The van der Waals surface area contributed by atoms with Crippen molar-refractivity contribution in [3.63, 3.8) is 0 Å². The van der Waals surface area contributed by atoms with Crippen LogP contribution in [0.1, 0.15) is 58.9 Å². The maximum atomic E-state index is 11.5. The van der Waals surface area contributed by atoms with E-state index in [1.807, 2.05) is 6.92 Å². The number of nitrogens with one attached hydrogen (secondary N) is 1. The fourth-order valence-corrected chi connectivity index (χ4v) is 4.23. The Kier molecular flexibility index (Phi) is 6.84. The van der Waals surface area contributed by atoms with Crippen molar-refractivity contribution in [1.29, 1.82) is 0 Å². The third kappa shape index (κ3) is 5.72. The second kappa shape index (κ2) is 9.17. The molecule has 0 saturated heterocycles. The van der Waals surface area contributed by atoms with Gasteiger partial charge in [0.15, 0.2) is 0 Å². The van der Waals surface area contributed by atoms with Gasteiger partial charge in [-0.15, -0.1) is 0 Å². The minimum atomic E-state index is -0.320. The minimum Gasteiger partial charge on any atom is -0.490 e. The summed E-state index contributed by atoms with van der Waals surface area (Å²) >= 11 is 0. The normalized spacial score (nSPS) is 21.0. The molecule has 0 aliphatic heterocycles. The van der Waals surface area contributed by atoms with Crippen molar-refractivity contribution in [2.75, 3.05) is 7.11 Å². The van der Waals surface area contributed by atoms with Gasteiger partial charge in [-0.2, -0.15) is 0 Å². The molecule has 2 aromatic carbocycles. The third-order valence-electron chi connectivity index (χ3n) is 6.24. The number of rotatable bonds is 6. The molecule has 0 spiro atoms. The Morgan fingerprint density at radius 1 is 1.07 bits per heavy atom. The average molecular weight is 398 g/mol. The zero-order chi connectivity index (χ0) is 21.0. The van der Waals surface area contributed by atoms with Crippen LogP contribution in [0.2, 0.25) is 0 Å². The molecule has 0 bridgehead atoms. The molecule has 1 fully saturated rings. The lowest BCUT2D eigenvalue weighted by molar-refractivity contribution is -0.142. The molecule has 29 heavy (non-hydrogen) atoms. The summed E-state index contributed by atoms with van der Waals surface area (Å²) in [6.45, 7) is 9.49. The Balaban J connectivity index is 1.59. The highest BCUT2D eigenvalue weighted by atomic mass is 16.5. The van der Waals surface area contributed by atoms with Crippen LogP contribution in [0.15, 0.2) is 36.4 Å². The van der Waals surface area contributed by atoms with Crippen LogP contribution in [0.5, 0.6) is 5.75 Å². The van der Waals surface area contributed by atoms with E-state index >= 15 is 0 Å². The van der Waals surface area contributed by atoms with E-state index in [0.717, 1.165) is 30.1 Å². The first-order chi connectivity index (χ1) is 13.8. The summed E-state index contributed by atoms with van der Waals surface area (Å²) in [5, 5.41) is 5.55. The molecule has 0 amide bonds.